The van der Waals surface area contributed by atoms with Crippen LogP contribution in [0.3, 0.4) is 0 Å². The highest BCUT2D eigenvalue weighted by molar-refractivity contribution is 7.97. The number of nitrogens with one attached hydrogen (secondary N) is 2. The summed E-state index contributed by atoms with van der Waals surface area (Å²) in [6.07, 6.45) is 3.57. The van der Waals surface area contributed by atoms with E-state index in [-0.39, 0.29) is 12.5 Å². The number of amides is 1. The maximum absolute atomic E-state index is 12.5. The molecule has 7 heteroatoms. The quantitative estimate of drug-likeness (QED) is 0.661. The number of hydrogen-bond donors (Lipinski definition) is 3. The number of fused-ring (bicyclic) bond motifs is 1. The second-order valence-electron chi connectivity index (χ2n) is 5.27. The van der Waals surface area contributed by atoms with Crippen molar-refractivity contribution in [2.75, 3.05) is 26.2 Å². The molecule has 2 aromatic rings. The molecule has 0 unspecified atom stereocenters. The zero-order valence-corrected chi connectivity index (χ0v) is 13.6. The number of pyridine rings is 1. The van der Waals surface area contributed by atoms with Gasteiger partial charge in [0.2, 0.25) is 0 Å². The summed E-state index contributed by atoms with van der Waals surface area (Å²) >= 11 is 1.81. The molecule has 3 heterocycles. The molecule has 1 aliphatic rings. The molecule has 3 N–H and O–H groups in total. The summed E-state index contributed by atoms with van der Waals surface area (Å²) in [5.74, 6) is 1.67. The fourth-order valence-corrected chi connectivity index (χ4v) is 3.71. The summed E-state index contributed by atoms with van der Waals surface area (Å²) in [6, 6.07) is 5.88. The molecule has 0 spiro atoms. The molecular weight excluding hydrogens is 312 g/mol. The first-order chi connectivity index (χ1) is 11.3. The summed E-state index contributed by atoms with van der Waals surface area (Å²) in [6.45, 7) is 1.83. The van der Waals surface area contributed by atoms with Gasteiger partial charge in [0.05, 0.1) is 23.7 Å². The molecule has 0 atom stereocenters. The summed E-state index contributed by atoms with van der Waals surface area (Å²) in [5.41, 5.74) is 3.90. The Hall–Kier alpha value is -1.83. The van der Waals surface area contributed by atoms with E-state index in [0.29, 0.717) is 19.6 Å². The van der Waals surface area contributed by atoms with Crippen molar-refractivity contribution in [1.29, 1.82) is 0 Å². The van der Waals surface area contributed by atoms with Crippen LogP contribution in [-0.4, -0.2) is 46.8 Å². The van der Waals surface area contributed by atoms with Gasteiger partial charge < -0.3 is 20.3 Å². The number of thioether (sulfide) groups is 1. The molecule has 122 valence electrons. The minimum Gasteiger partial charge on any atom is -0.395 e. The minimum absolute atomic E-state index is 0.0443. The van der Waals surface area contributed by atoms with E-state index in [1.807, 2.05) is 36.2 Å². The van der Waals surface area contributed by atoms with Gasteiger partial charge in [-0.25, -0.2) is 0 Å². The number of aliphatic hydroxyl groups is 1. The Morgan fingerprint density at radius 1 is 1.39 bits per heavy atom. The predicted molar refractivity (Wildman–Crippen MR) is 91.2 cm³/mol. The smallest absolute Gasteiger partial charge is 0.253 e. The average molecular weight is 332 g/mol. The third kappa shape index (κ3) is 3.57. The molecule has 0 aliphatic carbocycles. The molecule has 23 heavy (non-hydrogen) atoms. The number of aromatic nitrogens is 2. The van der Waals surface area contributed by atoms with Crippen LogP contribution in [0.2, 0.25) is 0 Å². The molecule has 3 rings (SSSR count). The van der Waals surface area contributed by atoms with Crippen molar-refractivity contribution in [3.63, 3.8) is 0 Å². The van der Waals surface area contributed by atoms with Crippen molar-refractivity contribution in [1.82, 2.24) is 20.2 Å². The van der Waals surface area contributed by atoms with Crippen molar-refractivity contribution in [3.05, 3.63) is 41.9 Å². The molecule has 2 aromatic heterocycles. The third-order valence-electron chi connectivity index (χ3n) is 3.75. The lowest BCUT2D eigenvalue weighted by Crippen LogP contribution is -2.33. The van der Waals surface area contributed by atoms with Crippen LogP contribution in [0.1, 0.15) is 16.1 Å². The van der Waals surface area contributed by atoms with E-state index in [9.17, 15) is 4.79 Å². The van der Waals surface area contributed by atoms with Crippen molar-refractivity contribution < 1.29 is 9.90 Å². The van der Waals surface area contributed by atoms with Crippen LogP contribution >= 0.6 is 11.8 Å². The average Bonchev–Trinajstić information content (AvgIpc) is 3.17. The highest BCUT2D eigenvalue weighted by Crippen LogP contribution is 2.34. The first-order valence-electron chi connectivity index (χ1n) is 7.61. The maximum atomic E-state index is 12.5. The second kappa shape index (κ2) is 7.63. The topological polar surface area (TPSA) is 79.2 Å². The Labute approximate surface area is 139 Å². The number of carbonyl (C=O) groups excluding carboxylic acids is 1. The Kier molecular flexibility index (Phi) is 5.32. The number of carbonyl (C=O) groups is 1. The van der Waals surface area contributed by atoms with Crippen LogP contribution in [0.15, 0.2) is 30.6 Å². The van der Waals surface area contributed by atoms with E-state index < -0.39 is 0 Å². The summed E-state index contributed by atoms with van der Waals surface area (Å²) in [5, 5.41) is 14.7. The SMILES string of the molecule is O=C(NCCNCCO)c1cc(-c2cccnc2)n2c1CSC2. The minimum atomic E-state index is -0.0443. The Morgan fingerprint density at radius 3 is 3.09 bits per heavy atom. The molecule has 0 fully saturated rings. The van der Waals surface area contributed by atoms with Crippen LogP contribution in [0.4, 0.5) is 0 Å². The van der Waals surface area contributed by atoms with Gasteiger partial charge in [-0.3, -0.25) is 9.78 Å². The van der Waals surface area contributed by atoms with Gasteiger partial charge in [0.15, 0.2) is 0 Å². The molecule has 0 saturated carbocycles. The fraction of sp³-hybridized carbons (Fsp3) is 0.375. The van der Waals surface area contributed by atoms with Gasteiger partial charge in [0.25, 0.3) is 5.91 Å². The van der Waals surface area contributed by atoms with Gasteiger partial charge in [-0.2, -0.15) is 0 Å². The predicted octanol–water partition coefficient (Wildman–Crippen LogP) is 1.07. The Morgan fingerprint density at radius 2 is 2.30 bits per heavy atom. The lowest BCUT2D eigenvalue weighted by Gasteiger charge is -2.06. The van der Waals surface area contributed by atoms with E-state index >= 15 is 0 Å². The molecule has 0 radical (unpaired) electrons. The van der Waals surface area contributed by atoms with Crippen LogP contribution in [0.5, 0.6) is 0 Å². The molecule has 0 saturated heterocycles. The van der Waals surface area contributed by atoms with Crippen molar-refractivity contribution in [2.45, 2.75) is 11.6 Å². The fourth-order valence-electron chi connectivity index (χ4n) is 2.64. The van der Waals surface area contributed by atoms with Crippen molar-refractivity contribution >= 4 is 17.7 Å². The molecule has 0 aromatic carbocycles. The number of hydrogen-bond acceptors (Lipinski definition) is 5. The van der Waals surface area contributed by atoms with Gasteiger partial charge in [-0.15, -0.1) is 11.8 Å². The third-order valence-corrected chi connectivity index (χ3v) is 4.66. The van der Waals surface area contributed by atoms with E-state index in [1.54, 1.807) is 6.20 Å². The normalized spacial score (nSPS) is 13.1. The summed E-state index contributed by atoms with van der Waals surface area (Å²) in [4.78, 5) is 16.6. The largest absolute Gasteiger partial charge is 0.395 e. The van der Waals surface area contributed by atoms with Gasteiger partial charge in [0, 0.05) is 49.0 Å². The molecule has 1 aliphatic heterocycles. The molecule has 6 nitrogen and oxygen atoms in total. The van der Waals surface area contributed by atoms with E-state index in [1.165, 1.54) is 0 Å². The zero-order valence-electron chi connectivity index (χ0n) is 12.8. The number of rotatable bonds is 7. The highest BCUT2D eigenvalue weighted by Gasteiger charge is 2.24. The summed E-state index contributed by atoms with van der Waals surface area (Å²) < 4.78 is 2.20. The lowest BCUT2D eigenvalue weighted by atomic mass is 10.2. The van der Waals surface area contributed by atoms with Crippen molar-refractivity contribution in [3.8, 4) is 11.3 Å². The first-order valence-corrected chi connectivity index (χ1v) is 8.77. The highest BCUT2D eigenvalue weighted by atomic mass is 32.2. The van der Waals surface area contributed by atoms with E-state index in [4.69, 9.17) is 5.11 Å². The second-order valence-corrected chi connectivity index (χ2v) is 6.22. The zero-order chi connectivity index (χ0) is 16.1. The molecular formula is C16H20N4O2S. The first kappa shape index (κ1) is 16.0. The number of aliphatic hydroxyl groups excluding tert-OH is 1. The molecule has 1 amide bonds. The monoisotopic (exact) mass is 332 g/mol. The van der Waals surface area contributed by atoms with Gasteiger partial charge in [-0.05, 0) is 18.2 Å². The van der Waals surface area contributed by atoms with E-state index in [0.717, 1.165) is 34.1 Å². The Bertz CT molecular complexity index is 672. The number of nitrogens with zero attached hydrogens (tertiary/aromatic N) is 2. The summed E-state index contributed by atoms with van der Waals surface area (Å²) in [7, 11) is 0. The van der Waals surface area contributed by atoms with Crippen LogP contribution in [0, 0.1) is 0 Å². The van der Waals surface area contributed by atoms with Crippen LogP contribution < -0.4 is 10.6 Å². The van der Waals surface area contributed by atoms with Gasteiger partial charge >= 0.3 is 0 Å². The van der Waals surface area contributed by atoms with Crippen molar-refractivity contribution in [2.24, 2.45) is 0 Å². The van der Waals surface area contributed by atoms with E-state index in [2.05, 4.69) is 20.2 Å². The lowest BCUT2D eigenvalue weighted by molar-refractivity contribution is 0.0953. The Balaban J connectivity index is 1.74. The standard InChI is InChI=1S/C16H20N4O2S/c21-7-6-17-4-5-19-16(22)13-8-14(12-2-1-3-18-9-12)20-11-23-10-15(13)20/h1-3,8-9,17,21H,4-7,10-11H2,(H,19,22). The van der Waals surface area contributed by atoms with Gasteiger partial charge in [-0.1, -0.05) is 0 Å². The van der Waals surface area contributed by atoms with Gasteiger partial charge in [0.1, 0.15) is 0 Å². The molecule has 0 bridgehead atoms. The maximum Gasteiger partial charge on any atom is 0.253 e. The van der Waals surface area contributed by atoms with Crippen LogP contribution in [0.25, 0.3) is 11.3 Å². The van der Waals surface area contributed by atoms with Crippen LogP contribution in [-0.2, 0) is 11.6 Å².